The van der Waals surface area contributed by atoms with Crippen LogP contribution in [0.5, 0.6) is 0 Å². The highest BCUT2D eigenvalue weighted by Crippen LogP contribution is 2.19. The van der Waals surface area contributed by atoms with Gasteiger partial charge in [0.2, 0.25) is 5.91 Å². The van der Waals surface area contributed by atoms with Crippen molar-refractivity contribution in [1.82, 2.24) is 10.6 Å². The molecule has 1 aromatic carbocycles. The van der Waals surface area contributed by atoms with Gasteiger partial charge >= 0.3 is 0 Å². The fraction of sp³-hybridized carbons (Fsp3) is 0.364. The molecule has 15 heavy (non-hydrogen) atoms. The van der Waals surface area contributed by atoms with Crippen LogP contribution in [0.25, 0.3) is 0 Å². The maximum atomic E-state index is 11.1. The fourth-order valence-corrected chi connectivity index (χ4v) is 2.52. The van der Waals surface area contributed by atoms with Gasteiger partial charge in [-0.15, -0.1) is 11.8 Å². The Hall–Kier alpha value is -1.00. The van der Waals surface area contributed by atoms with Gasteiger partial charge in [0.25, 0.3) is 0 Å². The van der Waals surface area contributed by atoms with Gasteiger partial charge in [-0.05, 0) is 5.56 Å². The van der Waals surface area contributed by atoms with Crippen LogP contribution in [0, 0.1) is 0 Å². The van der Waals surface area contributed by atoms with E-state index in [0.29, 0.717) is 13.1 Å². The topological polar surface area (TPSA) is 41.1 Å². The second-order valence-corrected chi connectivity index (χ2v) is 4.66. The third-order valence-corrected chi connectivity index (χ3v) is 3.52. The van der Waals surface area contributed by atoms with Crippen molar-refractivity contribution in [2.24, 2.45) is 0 Å². The van der Waals surface area contributed by atoms with Gasteiger partial charge in [-0.3, -0.25) is 10.1 Å². The first-order chi connectivity index (χ1) is 7.34. The summed E-state index contributed by atoms with van der Waals surface area (Å²) in [5, 5.41) is 6.25. The Morgan fingerprint density at radius 3 is 2.87 bits per heavy atom. The van der Waals surface area contributed by atoms with Gasteiger partial charge < -0.3 is 5.32 Å². The van der Waals surface area contributed by atoms with Crippen molar-refractivity contribution >= 4 is 17.7 Å². The first kappa shape index (κ1) is 10.5. The zero-order chi connectivity index (χ0) is 10.5. The number of nitrogens with one attached hydrogen (secondary N) is 2. The molecule has 1 heterocycles. The van der Waals surface area contributed by atoms with Gasteiger partial charge in [0, 0.05) is 5.75 Å². The Labute approximate surface area is 93.6 Å². The summed E-state index contributed by atoms with van der Waals surface area (Å²) in [6.07, 6.45) is 0.567. The summed E-state index contributed by atoms with van der Waals surface area (Å²) in [5.74, 6) is 1.09. The van der Waals surface area contributed by atoms with Crippen molar-refractivity contribution in [2.75, 3.05) is 6.67 Å². The molecule has 0 bridgehead atoms. The first-order valence-electron chi connectivity index (χ1n) is 5.00. The zero-order valence-electron chi connectivity index (χ0n) is 8.40. The first-order valence-corrected chi connectivity index (χ1v) is 6.05. The smallest absolute Gasteiger partial charge is 0.223 e. The highest BCUT2D eigenvalue weighted by molar-refractivity contribution is 7.99. The van der Waals surface area contributed by atoms with E-state index in [-0.39, 0.29) is 11.3 Å². The third kappa shape index (κ3) is 3.25. The van der Waals surface area contributed by atoms with Crippen LogP contribution in [0.3, 0.4) is 0 Å². The van der Waals surface area contributed by atoms with Gasteiger partial charge in [0.05, 0.1) is 18.5 Å². The molecule has 0 radical (unpaired) electrons. The lowest BCUT2D eigenvalue weighted by atomic mass is 10.2. The summed E-state index contributed by atoms with van der Waals surface area (Å²) in [4.78, 5) is 11.1. The fourth-order valence-electron chi connectivity index (χ4n) is 1.47. The molecular formula is C11H14N2OS. The number of carbonyl (C=O) groups is 1. The molecule has 1 aliphatic heterocycles. The van der Waals surface area contributed by atoms with E-state index in [2.05, 4.69) is 22.8 Å². The van der Waals surface area contributed by atoms with E-state index in [9.17, 15) is 4.79 Å². The highest BCUT2D eigenvalue weighted by atomic mass is 32.2. The molecular weight excluding hydrogens is 208 g/mol. The van der Waals surface area contributed by atoms with Crippen LogP contribution in [0.2, 0.25) is 0 Å². The SMILES string of the molecule is O=C1CC(SCc2ccccc2)NCN1. The molecule has 0 saturated carbocycles. The second-order valence-electron chi connectivity index (χ2n) is 3.47. The number of carbonyl (C=O) groups excluding carboxylic acids is 1. The molecule has 2 rings (SSSR count). The monoisotopic (exact) mass is 222 g/mol. The number of thioether (sulfide) groups is 1. The molecule has 1 aromatic rings. The minimum Gasteiger partial charge on any atom is -0.343 e. The molecule has 1 unspecified atom stereocenters. The molecule has 3 nitrogen and oxygen atoms in total. The van der Waals surface area contributed by atoms with E-state index < -0.39 is 0 Å². The molecule has 1 fully saturated rings. The molecule has 1 saturated heterocycles. The Balaban J connectivity index is 1.80. The Morgan fingerprint density at radius 2 is 2.13 bits per heavy atom. The summed E-state index contributed by atoms with van der Waals surface area (Å²) in [6, 6.07) is 10.3. The predicted molar refractivity (Wildman–Crippen MR) is 62.3 cm³/mol. The number of amides is 1. The molecule has 1 atom stereocenters. The second kappa shape index (κ2) is 5.19. The van der Waals surface area contributed by atoms with Gasteiger partial charge in [-0.2, -0.15) is 0 Å². The van der Waals surface area contributed by atoms with Crippen LogP contribution in [0.4, 0.5) is 0 Å². The van der Waals surface area contributed by atoms with E-state index in [4.69, 9.17) is 0 Å². The van der Waals surface area contributed by atoms with Crippen molar-refractivity contribution in [3.05, 3.63) is 35.9 Å². The molecule has 1 aliphatic rings. The van der Waals surface area contributed by atoms with Crippen LogP contribution >= 0.6 is 11.8 Å². The van der Waals surface area contributed by atoms with Gasteiger partial charge in [-0.1, -0.05) is 30.3 Å². The molecule has 0 aromatic heterocycles. The summed E-state index contributed by atoms with van der Waals surface area (Å²) in [5.41, 5.74) is 1.30. The van der Waals surface area contributed by atoms with Crippen LogP contribution in [0.15, 0.2) is 30.3 Å². The summed E-state index contributed by atoms with van der Waals surface area (Å²) >= 11 is 1.78. The molecule has 1 amide bonds. The Kier molecular flexibility index (Phi) is 3.64. The van der Waals surface area contributed by atoms with Crippen molar-refractivity contribution in [1.29, 1.82) is 0 Å². The summed E-state index contributed by atoms with van der Waals surface area (Å²) < 4.78 is 0. The number of benzene rings is 1. The third-order valence-electron chi connectivity index (χ3n) is 2.28. The molecule has 4 heteroatoms. The average molecular weight is 222 g/mol. The predicted octanol–water partition coefficient (Wildman–Crippen LogP) is 1.31. The number of rotatable bonds is 3. The minimum absolute atomic E-state index is 0.138. The van der Waals surface area contributed by atoms with E-state index in [1.165, 1.54) is 5.56 Å². The lowest BCUT2D eigenvalue weighted by Crippen LogP contribution is -2.46. The Bertz CT molecular complexity index is 329. The van der Waals surface area contributed by atoms with Crippen molar-refractivity contribution in [3.63, 3.8) is 0 Å². The zero-order valence-corrected chi connectivity index (χ0v) is 9.22. The molecule has 0 aliphatic carbocycles. The normalized spacial score (nSPS) is 21.1. The number of hydrogen-bond donors (Lipinski definition) is 2. The summed E-state index contributed by atoms with van der Waals surface area (Å²) in [7, 11) is 0. The van der Waals surface area contributed by atoms with E-state index in [1.807, 2.05) is 18.2 Å². The van der Waals surface area contributed by atoms with Crippen LogP contribution in [-0.4, -0.2) is 17.9 Å². The number of hydrogen-bond acceptors (Lipinski definition) is 3. The Morgan fingerprint density at radius 1 is 1.33 bits per heavy atom. The van der Waals surface area contributed by atoms with E-state index in [0.717, 1.165) is 5.75 Å². The van der Waals surface area contributed by atoms with Gasteiger partial charge in [0.1, 0.15) is 0 Å². The standard InChI is InChI=1S/C11H14N2OS/c14-10-6-11(13-8-12-10)15-7-9-4-2-1-3-5-9/h1-5,11,13H,6-8H2,(H,12,14). The van der Waals surface area contributed by atoms with Gasteiger partial charge in [-0.25, -0.2) is 0 Å². The average Bonchev–Trinajstić information content (AvgIpc) is 2.28. The van der Waals surface area contributed by atoms with E-state index >= 15 is 0 Å². The molecule has 0 spiro atoms. The van der Waals surface area contributed by atoms with Crippen LogP contribution in [0.1, 0.15) is 12.0 Å². The lowest BCUT2D eigenvalue weighted by molar-refractivity contribution is -0.122. The largest absolute Gasteiger partial charge is 0.343 e. The van der Waals surface area contributed by atoms with Crippen LogP contribution < -0.4 is 10.6 Å². The van der Waals surface area contributed by atoms with Crippen LogP contribution in [-0.2, 0) is 10.5 Å². The highest BCUT2D eigenvalue weighted by Gasteiger charge is 2.17. The minimum atomic E-state index is 0.138. The molecule has 2 N–H and O–H groups in total. The van der Waals surface area contributed by atoms with Crippen molar-refractivity contribution in [3.8, 4) is 0 Å². The van der Waals surface area contributed by atoms with Crippen molar-refractivity contribution in [2.45, 2.75) is 17.5 Å². The lowest BCUT2D eigenvalue weighted by Gasteiger charge is -2.23. The maximum Gasteiger partial charge on any atom is 0.223 e. The maximum absolute atomic E-state index is 11.1. The quantitative estimate of drug-likeness (QED) is 0.810. The summed E-state index contributed by atoms with van der Waals surface area (Å²) in [6.45, 7) is 0.589. The van der Waals surface area contributed by atoms with E-state index in [1.54, 1.807) is 11.8 Å². The van der Waals surface area contributed by atoms with Gasteiger partial charge in [0.15, 0.2) is 0 Å². The van der Waals surface area contributed by atoms with Crippen molar-refractivity contribution < 1.29 is 4.79 Å². The molecule has 80 valence electrons.